The summed E-state index contributed by atoms with van der Waals surface area (Å²) in [7, 11) is 0. The Kier molecular flexibility index (Phi) is 3.00. The standard InChI is InChI=1S/C12H17N3O2/c1-8-6-9(2)14-11(13-8)15-12(4-3-5-12)7-10(16)17/h6H,3-5,7H2,1-2H3,(H,16,17)(H,13,14,15). The second kappa shape index (κ2) is 4.31. The quantitative estimate of drug-likeness (QED) is 0.833. The third-order valence-electron chi connectivity index (χ3n) is 3.16. The van der Waals surface area contributed by atoms with Gasteiger partial charge in [-0.3, -0.25) is 4.79 Å². The number of carboxylic acid groups (broad SMARTS) is 1. The first kappa shape index (κ1) is 11.8. The topological polar surface area (TPSA) is 75.1 Å². The van der Waals surface area contributed by atoms with Crippen LogP contribution in [0.4, 0.5) is 5.95 Å². The SMILES string of the molecule is Cc1cc(C)nc(NC2(CC(=O)O)CCC2)n1. The summed E-state index contributed by atoms with van der Waals surface area (Å²) in [4.78, 5) is 19.4. The number of anilines is 1. The molecule has 92 valence electrons. The van der Waals surface area contributed by atoms with Crippen LogP contribution in [0.25, 0.3) is 0 Å². The van der Waals surface area contributed by atoms with Crippen molar-refractivity contribution in [1.82, 2.24) is 9.97 Å². The van der Waals surface area contributed by atoms with E-state index in [-0.39, 0.29) is 12.0 Å². The predicted molar refractivity (Wildman–Crippen MR) is 64.0 cm³/mol. The molecule has 2 N–H and O–H groups in total. The molecule has 2 rings (SSSR count). The van der Waals surface area contributed by atoms with Crippen LogP contribution >= 0.6 is 0 Å². The average molecular weight is 235 g/mol. The van der Waals surface area contributed by atoms with Gasteiger partial charge in [0.05, 0.1) is 12.0 Å². The number of carboxylic acids is 1. The number of nitrogens with zero attached hydrogens (tertiary/aromatic N) is 2. The van der Waals surface area contributed by atoms with E-state index in [1.165, 1.54) is 0 Å². The molecule has 5 nitrogen and oxygen atoms in total. The zero-order chi connectivity index (χ0) is 12.5. The normalized spacial score (nSPS) is 17.3. The molecule has 1 aliphatic rings. The average Bonchev–Trinajstić information content (AvgIpc) is 2.11. The minimum Gasteiger partial charge on any atom is -0.481 e. The van der Waals surface area contributed by atoms with Crippen LogP contribution in [0.15, 0.2) is 6.07 Å². The number of aromatic nitrogens is 2. The predicted octanol–water partition coefficient (Wildman–Crippen LogP) is 1.90. The molecule has 0 saturated heterocycles. The highest BCUT2D eigenvalue weighted by Crippen LogP contribution is 2.37. The Morgan fingerprint density at radius 3 is 2.41 bits per heavy atom. The van der Waals surface area contributed by atoms with Crippen molar-refractivity contribution < 1.29 is 9.90 Å². The van der Waals surface area contributed by atoms with Gasteiger partial charge in [0.2, 0.25) is 5.95 Å². The summed E-state index contributed by atoms with van der Waals surface area (Å²) in [5.74, 6) is -0.231. The van der Waals surface area contributed by atoms with Crippen molar-refractivity contribution in [1.29, 1.82) is 0 Å². The Balaban J connectivity index is 2.15. The Bertz CT molecular complexity index is 421. The minimum atomic E-state index is -0.776. The van der Waals surface area contributed by atoms with Gasteiger partial charge in [0.1, 0.15) is 0 Å². The molecule has 1 aliphatic carbocycles. The van der Waals surface area contributed by atoms with E-state index < -0.39 is 5.97 Å². The lowest BCUT2D eigenvalue weighted by atomic mass is 9.74. The molecule has 0 atom stereocenters. The minimum absolute atomic E-state index is 0.128. The fraction of sp³-hybridized carbons (Fsp3) is 0.583. The molecule has 0 radical (unpaired) electrons. The molecule has 0 aliphatic heterocycles. The number of hydrogen-bond acceptors (Lipinski definition) is 4. The lowest BCUT2D eigenvalue weighted by molar-refractivity contribution is -0.138. The zero-order valence-electron chi connectivity index (χ0n) is 10.2. The first-order valence-corrected chi connectivity index (χ1v) is 5.81. The maximum Gasteiger partial charge on any atom is 0.305 e. The van der Waals surface area contributed by atoms with Crippen molar-refractivity contribution in [2.24, 2.45) is 0 Å². The fourth-order valence-electron chi connectivity index (χ4n) is 2.26. The smallest absolute Gasteiger partial charge is 0.305 e. The number of rotatable bonds is 4. The third kappa shape index (κ3) is 2.72. The van der Waals surface area contributed by atoms with E-state index in [1.807, 2.05) is 19.9 Å². The molecule has 1 aromatic heterocycles. The van der Waals surface area contributed by atoms with E-state index in [2.05, 4.69) is 15.3 Å². The van der Waals surface area contributed by atoms with Gasteiger partial charge < -0.3 is 10.4 Å². The molecule has 0 unspecified atom stereocenters. The van der Waals surface area contributed by atoms with E-state index in [0.29, 0.717) is 5.95 Å². The van der Waals surface area contributed by atoms with Crippen molar-refractivity contribution in [3.05, 3.63) is 17.5 Å². The highest BCUT2D eigenvalue weighted by molar-refractivity contribution is 5.69. The van der Waals surface area contributed by atoms with Crippen LogP contribution in [0.2, 0.25) is 0 Å². The molecule has 17 heavy (non-hydrogen) atoms. The highest BCUT2D eigenvalue weighted by Gasteiger charge is 2.39. The van der Waals surface area contributed by atoms with Crippen LogP contribution in [-0.4, -0.2) is 26.6 Å². The maximum atomic E-state index is 10.9. The molecule has 1 heterocycles. The summed E-state index contributed by atoms with van der Waals surface area (Å²) < 4.78 is 0. The van der Waals surface area contributed by atoms with E-state index >= 15 is 0 Å². The number of aryl methyl sites for hydroxylation is 2. The van der Waals surface area contributed by atoms with Gasteiger partial charge in [-0.05, 0) is 39.2 Å². The van der Waals surface area contributed by atoms with Crippen molar-refractivity contribution in [2.75, 3.05) is 5.32 Å². The lowest BCUT2D eigenvalue weighted by Gasteiger charge is -2.41. The van der Waals surface area contributed by atoms with Gasteiger partial charge in [0.15, 0.2) is 0 Å². The van der Waals surface area contributed by atoms with Gasteiger partial charge >= 0.3 is 5.97 Å². The van der Waals surface area contributed by atoms with Gasteiger partial charge in [-0.2, -0.15) is 0 Å². The maximum absolute atomic E-state index is 10.9. The molecule has 5 heteroatoms. The second-order valence-corrected chi connectivity index (χ2v) is 4.80. The van der Waals surface area contributed by atoms with Gasteiger partial charge in [-0.1, -0.05) is 0 Å². The molecule has 0 aromatic carbocycles. The van der Waals surface area contributed by atoms with Crippen LogP contribution in [-0.2, 0) is 4.79 Å². The number of aliphatic carboxylic acids is 1. The zero-order valence-corrected chi connectivity index (χ0v) is 10.2. The molecule has 0 spiro atoms. The van der Waals surface area contributed by atoms with Gasteiger partial charge in [0.25, 0.3) is 0 Å². The third-order valence-corrected chi connectivity index (χ3v) is 3.16. The van der Waals surface area contributed by atoms with Gasteiger partial charge in [-0.25, -0.2) is 9.97 Å². The van der Waals surface area contributed by atoms with Crippen LogP contribution in [0.5, 0.6) is 0 Å². The van der Waals surface area contributed by atoms with Crippen molar-refractivity contribution >= 4 is 11.9 Å². The summed E-state index contributed by atoms with van der Waals surface area (Å²) in [6, 6.07) is 1.90. The highest BCUT2D eigenvalue weighted by atomic mass is 16.4. The van der Waals surface area contributed by atoms with Crippen molar-refractivity contribution in [2.45, 2.75) is 45.1 Å². The largest absolute Gasteiger partial charge is 0.481 e. The summed E-state index contributed by atoms with van der Waals surface area (Å²) in [6.45, 7) is 3.81. The lowest BCUT2D eigenvalue weighted by Crippen LogP contribution is -2.47. The van der Waals surface area contributed by atoms with E-state index in [0.717, 1.165) is 30.7 Å². The van der Waals surface area contributed by atoms with Crippen LogP contribution in [0.1, 0.15) is 37.1 Å². The van der Waals surface area contributed by atoms with Crippen LogP contribution < -0.4 is 5.32 Å². The molecular weight excluding hydrogens is 218 g/mol. The summed E-state index contributed by atoms with van der Waals surface area (Å²) in [5.41, 5.74) is 1.45. The van der Waals surface area contributed by atoms with Crippen LogP contribution in [0, 0.1) is 13.8 Å². The molecule has 1 fully saturated rings. The summed E-state index contributed by atoms with van der Waals surface area (Å²) in [5, 5.41) is 12.1. The molecule has 0 bridgehead atoms. The first-order chi connectivity index (χ1) is 7.99. The number of carbonyl (C=O) groups is 1. The Hall–Kier alpha value is -1.65. The van der Waals surface area contributed by atoms with E-state index in [1.54, 1.807) is 0 Å². The van der Waals surface area contributed by atoms with Gasteiger partial charge in [-0.15, -0.1) is 0 Å². The Labute approximate surface area is 100 Å². The van der Waals surface area contributed by atoms with E-state index in [9.17, 15) is 4.79 Å². The molecule has 1 aromatic rings. The van der Waals surface area contributed by atoms with Crippen LogP contribution in [0.3, 0.4) is 0 Å². The monoisotopic (exact) mass is 235 g/mol. The number of hydrogen-bond donors (Lipinski definition) is 2. The number of nitrogens with one attached hydrogen (secondary N) is 1. The Morgan fingerprint density at radius 1 is 1.41 bits per heavy atom. The molecular formula is C12H17N3O2. The molecule has 0 amide bonds. The second-order valence-electron chi connectivity index (χ2n) is 4.80. The summed E-state index contributed by atoms with van der Waals surface area (Å²) >= 11 is 0. The molecule has 1 saturated carbocycles. The van der Waals surface area contributed by atoms with Crippen molar-refractivity contribution in [3.8, 4) is 0 Å². The Morgan fingerprint density at radius 2 is 2.00 bits per heavy atom. The van der Waals surface area contributed by atoms with E-state index in [4.69, 9.17) is 5.11 Å². The summed E-state index contributed by atoms with van der Waals surface area (Å²) in [6.07, 6.45) is 2.93. The van der Waals surface area contributed by atoms with Crippen molar-refractivity contribution in [3.63, 3.8) is 0 Å². The fourth-order valence-corrected chi connectivity index (χ4v) is 2.26. The first-order valence-electron chi connectivity index (χ1n) is 5.81. The van der Waals surface area contributed by atoms with Gasteiger partial charge in [0, 0.05) is 11.4 Å².